The molecular weight excluding hydrogens is 588 g/mol. The van der Waals surface area contributed by atoms with Gasteiger partial charge in [-0.25, -0.2) is 4.79 Å². The summed E-state index contributed by atoms with van der Waals surface area (Å²) in [6.45, 7) is 0. The Kier molecular flexibility index (Phi) is 25.3. The molecule has 0 aliphatic rings. The van der Waals surface area contributed by atoms with Gasteiger partial charge in [0.05, 0.1) is 0 Å². The van der Waals surface area contributed by atoms with Gasteiger partial charge in [-0.1, -0.05) is 24.4 Å². The molecule has 0 aliphatic heterocycles. The van der Waals surface area contributed by atoms with Gasteiger partial charge in [0.1, 0.15) is 0 Å². The van der Waals surface area contributed by atoms with Crippen LogP contribution < -0.4 is 52.3 Å². The van der Waals surface area contributed by atoms with E-state index < -0.39 is 54.3 Å². The first-order valence-corrected chi connectivity index (χ1v) is 5.18. The largest absolute Gasteiger partial charge is 3.00 e. The van der Waals surface area contributed by atoms with Gasteiger partial charge >= 0.3 is 57.7 Å². The van der Waals surface area contributed by atoms with Crippen molar-refractivity contribution in [2.75, 3.05) is 0 Å². The van der Waals surface area contributed by atoms with Crippen LogP contribution in [0.1, 0.15) is 2.85 Å². The molecule has 0 bridgehead atoms. The Morgan fingerprint density at radius 3 is 0.654 bits per heavy atom. The maximum absolute atomic E-state index is 9.97. The molecule has 144 valence electrons. The number of nitrogens with two attached hydrogens (primary N) is 2. The number of carboxylic acids is 4. The SMILES string of the molecule is NC(N)=O.O=C([O-])C([O-])C([O-])C(=O)[O-].O=C([O-])C([O-])C([O-])C(=O)[O-].[H+].[H+].[Sb+3].[Sb+3]. The molecule has 4 N–H and O–H groups in total. The Labute approximate surface area is 182 Å². The molecule has 0 aliphatic carbocycles. The van der Waals surface area contributed by atoms with E-state index in [1.807, 2.05) is 0 Å². The van der Waals surface area contributed by atoms with Gasteiger partial charge in [-0.2, -0.15) is 0 Å². The Balaban J connectivity index is -0.0000000472. The summed E-state index contributed by atoms with van der Waals surface area (Å²) in [7, 11) is 0. The third-order valence-electron chi connectivity index (χ3n) is 1.48. The molecular formula is C9H10N2O13Sb2. The standard InChI is InChI=1S/2C4H4O6.CH4N2O.2Sb/c2*5-1(3(7)8)2(6)4(9)10;2-1(3)4;;/h2*1-2H,(H,7,8)(H,9,10);(H4,2,3,4);;/q2*-2;;2*+3/p-2. The minimum Gasteiger partial charge on any atom is -0.848 e. The van der Waals surface area contributed by atoms with Crippen molar-refractivity contribution in [2.24, 2.45) is 11.5 Å². The van der Waals surface area contributed by atoms with E-state index in [0.717, 1.165) is 0 Å². The number of carboxylic acid groups (broad SMARTS) is 4. The summed E-state index contributed by atoms with van der Waals surface area (Å²) in [6.07, 6.45) is -11.2. The molecule has 0 aromatic rings. The van der Waals surface area contributed by atoms with Crippen molar-refractivity contribution >= 4 is 78.8 Å². The van der Waals surface area contributed by atoms with Crippen LogP contribution >= 0.6 is 0 Å². The van der Waals surface area contributed by atoms with Crippen LogP contribution in [-0.2, 0) is 19.2 Å². The molecule has 0 spiro atoms. The molecule has 26 heavy (non-hydrogen) atoms. The van der Waals surface area contributed by atoms with Crippen LogP contribution in [0.25, 0.3) is 0 Å². The van der Waals surface area contributed by atoms with E-state index >= 15 is 0 Å². The Bertz CT molecular complexity index is 409. The zero-order valence-corrected chi connectivity index (χ0v) is 17.3. The van der Waals surface area contributed by atoms with Crippen molar-refractivity contribution in [1.82, 2.24) is 0 Å². The third kappa shape index (κ3) is 20.7. The molecule has 4 atom stereocenters. The van der Waals surface area contributed by atoms with Crippen molar-refractivity contribution in [1.29, 1.82) is 0 Å². The predicted molar refractivity (Wildman–Crippen MR) is 62.7 cm³/mol. The number of hydrogen-bond acceptors (Lipinski definition) is 13. The first-order valence-electron chi connectivity index (χ1n) is 5.18. The fraction of sp³-hybridized carbons (Fsp3) is 0.444. The quantitative estimate of drug-likeness (QED) is 0.269. The number of carbonyl (C=O) groups is 5. The van der Waals surface area contributed by atoms with Gasteiger partial charge in [0.2, 0.25) is 0 Å². The zero-order valence-electron chi connectivity index (χ0n) is 14.2. The fourth-order valence-electron chi connectivity index (χ4n) is 0.494. The van der Waals surface area contributed by atoms with Gasteiger partial charge < -0.3 is 71.5 Å². The molecule has 0 aromatic heterocycles. The van der Waals surface area contributed by atoms with Gasteiger partial charge in [-0.15, -0.1) is 0 Å². The number of carbonyl (C=O) groups excluding carboxylic acids is 5. The normalized spacial score (nSPS) is 13.1. The fourth-order valence-corrected chi connectivity index (χ4v) is 0.494. The summed E-state index contributed by atoms with van der Waals surface area (Å²) in [5.41, 5.74) is 8.50. The monoisotopic (exact) mass is 596 g/mol. The first-order chi connectivity index (χ1) is 10.7. The number of aliphatic carboxylic acids is 4. The number of amides is 2. The second-order valence-electron chi connectivity index (χ2n) is 3.36. The van der Waals surface area contributed by atoms with Crippen LogP contribution in [0.3, 0.4) is 0 Å². The van der Waals surface area contributed by atoms with Gasteiger partial charge in [-0.05, 0) is 0 Å². The summed E-state index contributed by atoms with van der Waals surface area (Å²) >= 11 is 0. The second-order valence-corrected chi connectivity index (χ2v) is 3.36. The minimum atomic E-state index is -2.80. The van der Waals surface area contributed by atoms with Crippen LogP contribution in [0.15, 0.2) is 0 Å². The number of urea groups is 1. The molecule has 0 aromatic carbocycles. The van der Waals surface area contributed by atoms with E-state index in [2.05, 4.69) is 11.5 Å². The van der Waals surface area contributed by atoms with Gasteiger partial charge in [0.25, 0.3) is 0 Å². The molecule has 4 radical (unpaired) electrons. The smallest absolute Gasteiger partial charge is 0.848 e. The Hall–Kier alpha value is -1.37. The molecule has 15 nitrogen and oxygen atoms in total. The molecule has 17 heteroatoms. The maximum atomic E-state index is 9.97. The number of hydrogen-bond donors (Lipinski definition) is 2. The summed E-state index contributed by atoms with van der Waals surface area (Å²) in [4.78, 5) is 47.1. The van der Waals surface area contributed by atoms with Crippen molar-refractivity contribution in [2.45, 2.75) is 24.4 Å². The second kappa shape index (κ2) is 18.4. The molecule has 0 saturated heterocycles. The Morgan fingerprint density at radius 2 is 0.615 bits per heavy atom. The maximum Gasteiger partial charge on any atom is 3.00 e. The van der Waals surface area contributed by atoms with Crippen molar-refractivity contribution < 1.29 is 67.7 Å². The molecule has 2 amide bonds. The summed E-state index contributed by atoms with van der Waals surface area (Å²) in [6, 6.07) is -0.833. The van der Waals surface area contributed by atoms with Crippen molar-refractivity contribution in [3.63, 3.8) is 0 Å². The number of primary amides is 2. The molecule has 0 saturated carbocycles. The zero-order chi connectivity index (χ0) is 20.2. The van der Waals surface area contributed by atoms with E-state index in [4.69, 9.17) is 4.79 Å². The molecule has 0 heterocycles. The van der Waals surface area contributed by atoms with Crippen LogP contribution in [0.2, 0.25) is 0 Å². The van der Waals surface area contributed by atoms with Crippen molar-refractivity contribution in [3.05, 3.63) is 0 Å². The number of rotatable bonds is 6. The summed E-state index contributed by atoms with van der Waals surface area (Å²) in [5.74, 6) is -8.93. The topological polar surface area (TPSA) is 322 Å². The third-order valence-corrected chi connectivity index (χ3v) is 1.48. The summed E-state index contributed by atoms with van der Waals surface area (Å²) < 4.78 is 0. The summed E-state index contributed by atoms with van der Waals surface area (Å²) in [5, 5.41) is 78.0. The minimum absolute atomic E-state index is 0. The van der Waals surface area contributed by atoms with Crippen LogP contribution in [-0.4, -0.2) is 103 Å². The first kappa shape index (κ1) is 35.7. The van der Waals surface area contributed by atoms with Crippen molar-refractivity contribution in [3.8, 4) is 0 Å². The van der Waals surface area contributed by atoms with E-state index in [1.54, 1.807) is 0 Å². The van der Waals surface area contributed by atoms with E-state index in [9.17, 15) is 60.0 Å². The van der Waals surface area contributed by atoms with E-state index in [0.29, 0.717) is 0 Å². The predicted octanol–water partition coefficient (Wildman–Crippen LogP) is -13.6. The molecule has 0 fully saturated rings. The van der Waals surface area contributed by atoms with Gasteiger partial charge in [0, 0.05) is 23.9 Å². The Morgan fingerprint density at radius 1 is 0.538 bits per heavy atom. The molecule has 4 unspecified atom stereocenters. The van der Waals surface area contributed by atoms with E-state index in [-0.39, 0.29) is 51.7 Å². The van der Waals surface area contributed by atoms with Gasteiger partial charge in [0.15, 0.2) is 0 Å². The van der Waals surface area contributed by atoms with Crippen LogP contribution in [0, 0.1) is 0 Å². The average Bonchev–Trinajstić information content (AvgIpc) is 2.43. The van der Waals surface area contributed by atoms with Gasteiger partial charge in [-0.3, -0.25) is 0 Å². The average molecular weight is 598 g/mol. The van der Waals surface area contributed by atoms with Crippen LogP contribution in [0.4, 0.5) is 4.79 Å². The molecule has 0 rings (SSSR count). The van der Waals surface area contributed by atoms with Crippen LogP contribution in [0.5, 0.6) is 0 Å². The van der Waals surface area contributed by atoms with E-state index in [1.165, 1.54) is 0 Å².